The number of amides is 2. The van der Waals surface area contributed by atoms with Crippen molar-refractivity contribution in [2.75, 3.05) is 19.8 Å². The number of hydroxylamine groups is 1. The van der Waals surface area contributed by atoms with Gasteiger partial charge in [-0.25, -0.2) is 4.74 Å². The summed E-state index contributed by atoms with van der Waals surface area (Å²) >= 11 is 0. The van der Waals surface area contributed by atoms with Gasteiger partial charge in [-0.05, 0) is 24.1 Å². The molecular formula is C32H53N3O13. The van der Waals surface area contributed by atoms with Gasteiger partial charge in [-0.1, -0.05) is 44.7 Å². The van der Waals surface area contributed by atoms with E-state index in [0.717, 1.165) is 36.8 Å². The molecule has 9 atom stereocenters. The predicted molar refractivity (Wildman–Crippen MR) is 171 cm³/mol. The Morgan fingerprint density at radius 1 is 1.00 bits per heavy atom. The van der Waals surface area contributed by atoms with Crippen LogP contribution >= 0.6 is 0 Å². The second-order valence-corrected chi connectivity index (χ2v) is 12.7. The highest BCUT2D eigenvalue weighted by atomic mass is 16.7. The molecule has 0 bridgehead atoms. The molecule has 1 heterocycles. The number of hydrogen-bond acceptors (Lipinski definition) is 13. The van der Waals surface area contributed by atoms with Gasteiger partial charge in [0.25, 0.3) is 5.91 Å². The van der Waals surface area contributed by atoms with Crippen molar-refractivity contribution in [1.82, 2.24) is 10.6 Å². The van der Waals surface area contributed by atoms with Gasteiger partial charge in [0, 0.05) is 32.4 Å². The van der Waals surface area contributed by atoms with Crippen molar-refractivity contribution < 1.29 is 64.7 Å². The molecule has 0 aliphatic carbocycles. The number of benzene rings is 1. The molecule has 0 aromatic heterocycles. The van der Waals surface area contributed by atoms with E-state index in [1.54, 1.807) is 38.1 Å². The maximum atomic E-state index is 12.8. The number of aliphatic hydroxyl groups excluding tert-OH is 8. The van der Waals surface area contributed by atoms with Crippen LogP contribution in [-0.4, -0.2) is 144 Å². The highest BCUT2D eigenvalue weighted by molar-refractivity contribution is 5.81. The van der Waals surface area contributed by atoms with Crippen molar-refractivity contribution in [3.8, 4) is 0 Å². The van der Waals surface area contributed by atoms with Gasteiger partial charge in [-0.3, -0.25) is 9.59 Å². The number of carbonyl (C=O) groups excluding carboxylic acids is 2. The average Bonchev–Trinajstić information content (AvgIpc) is 3.07. The van der Waals surface area contributed by atoms with Crippen LogP contribution in [0.4, 0.5) is 0 Å². The van der Waals surface area contributed by atoms with Gasteiger partial charge < -0.3 is 66.2 Å². The monoisotopic (exact) mass is 687 g/mol. The molecule has 2 rings (SSSR count). The zero-order chi connectivity index (χ0) is 36.0. The lowest BCUT2D eigenvalue weighted by Crippen LogP contribution is -2.62. The van der Waals surface area contributed by atoms with E-state index in [0.29, 0.717) is 17.5 Å². The lowest BCUT2D eigenvalue weighted by Gasteiger charge is -2.42. The molecule has 0 saturated carbocycles. The summed E-state index contributed by atoms with van der Waals surface area (Å²) in [6, 6.07) is 6.50. The van der Waals surface area contributed by atoms with Gasteiger partial charge in [-0.15, -0.1) is 0 Å². The maximum absolute atomic E-state index is 12.8. The Labute approximate surface area is 280 Å². The van der Waals surface area contributed by atoms with Crippen molar-refractivity contribution in [1.29, 1.82) is 0 Å². The van der Waals surface area contributed by atoms with Gasteiger partial charge in [0.2, 0.25) is 5.91 Å². The third-order valence-corrected chi connectivity index (χ3v) is 8.17. The van der Waals surface area contributed by atoms with E-state index in [4.69, 9.17) is 9.47 Å². The molecule has 1 unspecified atom stereocenters. The van der Waals surface area contributed by atoms with E-state index in [9.17, 15) is 55.6 Å². The van der Waals surface area contributed by atoms with Crippen molar-refractivity contribution in [2.45, 2.75) is 127 Å². The highest BCUT2D eigenvalue weighted by Crippen LogP contribution is 2.25. The molecule has 1 aliphatic rings. The summed E-state index contributed by atoms with van der Waals surface area (Å²) in [5, 5.41) is 98.4. The Morgan fingerprint density at radius 3 is 2.25 bits per heavy atom. The molecule has 1 fully saturated rings. The third kappa shape index (κ3) is 12.3. The first-order valence-corrected chi connectivity index (χ1v) is 16.2. The second-order valence-electron chi connectivity index (χ2n) is 12.7. The van der Waals surface area contributed by atoms with E-state index in [2.05, 4.69) is 17.6 Å². The quantitative estimate of drug-likeness (QED) is 0.0229. The van der Waals surface area contributed by atoms with Crippen LogP contribution in [0.3, 0.4) is 0 Å². The summed E-state index contributed by atoms with van der Waals surface area (Å²) in [6.07, 6.45) is -9.89. The van der Waals surface area contributed by atoms with E-state index in [-0.39, 0.29) is 19.0 Å². The number of hydrogen-bond donors (Lipinski definition) is 10. The lowest BCUT2D eigenvalue weighted by atomic mass is 9.98. The van der Waals surface area contributed by atoms with Crippen LogP contribution < -0.4 is 10.6 Å². The molecular weight excluding hydrogens is 634 g/mol. The minimum absolute atomic E-state index is 0.0987. The van der Waals surface area contributed by atoms with E-state index in [1.807, 2.05) is 0 Å². The summed E-state index contributed by atoms with van der Waals surface area (Å²) in [6.45, 7) is 3.81. The first-order valence-electron chi connectivity index (χ1n) is 16.2. The second kappa shape index (κ2) is 20.0. The molecule has 0 spiro atoms. The zero-order valence-corrected chi connectivity index (χ0v) is 27.7. The number of rotatable bonds is 20. The summed E-state index contributed by atoms with van der Waals surface area (Å²) < 4.78 is 11.3. The summed E-state index contributed by atoms with van der Waals surface area (Å²) in [7, 11) is 0. The van der Waals surface area contributed by atoms with Crippen LogP contribution in [-0.2, 0) is 25.6 Å². The Morgan fingerprint density at radius 2 is 1.65 bits per heavy atom. The van der Waals surface area contributed by atoms with Crippen LogP contribution in [0.2, 0.25) is 0 Å². The first-order chi connectivity index (χ1) is 22.7. The molecule has 1 aromatic rings. The van der Waals surface area contributed by atoms with Crippen molar-refractivity contribution in [2.24, 2.45) is 0 Å². The molecule has 0 radical (unpaired) electrons. The molecule has 1 saturated heterocycles. The molecule has 48 heavy (non-hydrogen) atoms. The fourth-order valence-electron chi connectivity index (χ4n) is 4.87. The van der Waals surface area contributed by atoms with Gasteiger partial charge in [-0.2, -0.15) is 0 Å². The average molecular weight is 688 g/mol. The molecule has 10 N–H and O–H groups in total. The van der Waals surface area contributed by atoms with Crippen molar-refractivity contribution >= 4 is 18.0 Å². The van der Waals surface area contributed by atoms with Gasteiger partial charge in [0.15, 0.2) is 24.1 Å². The molecule has 16 nitrogen and oxygen atoms in total. The number of ether oxygens (including phenoxy) is 2. The number of unbranched alkanes of at least 4 members (excludes halogenated alkanes) is 4. The number of nitrogens with one attached hydrogen (secondary N) is 2. The smallest absolute Gasteiger partial charge is 0.251 e. The topological polar surface area (TPSA) is 265 Å². The van der Waals surface area contributed by atoms with Crippen LogP contribution in [0.5, 0.6) is 0 Å². The SMILES string of the molecule is CCCCCCCC(=O)NCC(C)(C)/[N+]([O-])=C/c1ccc(CNC(=O)[C@H](O)[C@@H](O)[C@H](O[C@@H]2O[C@H](CO)[C@H](O)[C@H](O)[C@H]2O)C(O)CO)cc1. The minimum Gasteiger partial charge on any atom is -0.623 e. The zero-order valence-electron chi connectivity index (χ0n) is 27.7. The Bertz CT molecular complexity index is 1150. The lowest BCUT2D eigenvalue weighted by molar-refractivity contribution is -0.533. The van der Waals surface area contributed by atoms with Gasteiger partial charge >= 0.3 is 0 Å². The Hall–Kier alpha value is -2.77. The van der Waals surface area contributed by atoms with Gasteiger partial charge in [0.1, 0.15) is 42.7 Å². The van der Waals surface area contributed by atoms with Crippen LogP contribution in [0.1, 0.15) is 70.4 Å². The van der Waals surface area contributed by atoms with E-state index >= 15 is 0 Å². The van der Waals surface area contributed by atoms with E-state index < -0.39 is 79.8 Å². The molecule has 16 heteroatoms. The number of nitrogens with zero attached hydrogens (tertiary/aromatic N) is 1. The van der Waals surface area contributed by atoms with Crippen LogP contribution in [0.15, 0.2) is 24.3 Å². The molecule has 1 aliphatic heterocycles. The van der Waals surface area contributed by atoms with Crippen LogP contribution in [0.25, 0.3) is 0 Å². The Kier molecular flexibility index (Phi) is 17.3. The summed E-state index contributed by atoms with van der Waals surface area (Å²) in [5.74, 6) is -1.18. The molecule has 2 amide bonds. The maximum Gasteiger partial charge on any atom is 0.251 e. The normalized spacial score (nSPS) is 24.4. The minimum atomic E-state index is -2.20. The fraction of sp³-hybridized carbons (Fsp3) is 0.719. The number of carbonyl (C=O) groups is 2. The van der Waals surface area contributed by atoms with Crippen LogP contribution in [0, 0.1) is 5.21 Å². The summed E-state index contributed by atoms with van der Waals surface area (Å²) in [5.41, 5.74) is 0.196. The van der Waals surface area contributed by atoms with Crippen molar-refractivity contribution in [3.63, 3.8) is 0 Å². The van der Waals surface area contributed by atoms with E-state index in [1.165, 1.54) is 6.21 Å². The highest BCUT2D eigenvalue weighted by Gasteiger charge is 2.47. The standard InChI is InChI=1S/C32H53N3O13/c1-4-5-6-7-8-9-23(39)34-18-32(2,3)35(46)15-20-12-10-19(11-13-20)14-33-30(45)27(43)26(42)29(21(38)16-36)48-31-28(44)25(41)24(40)22(17-37)47-31/h10-13,15,21-22,24-29,31,36-38,40-44H,4-9,14,16-18H2,1-3H3,(H,33,45)(H,34,39)/b35-15-/t21?,22-,24+,25+,26-,27-,28-,29-,31+/m1/s1. The number of aliphatic hydroxyl groups is 8. The predicted octanol–water partition coefficient (Wildman–Crippen LogP) is -2.25. The van der Waals surface area contributed by atoms with Crippen molar-refractivity contribution in [3.05, 3.63) is 40.6 Å². The summed E-state index contributed by atoms with van der Waals surface area (Å²) in [4.78, 5) is 24.8. The first kappa shape index (κ1) is 41.4. The fourth-order valence-corrected chi connectivity index (χ4v) is 4.87. The largest absolute Gasteiger partial charge is 0.623 e. The molecule has 274 valence electrons. The Balaban J connectivity index is 1.94. The molecule has 1 aromatic carbocycles. The third-order valence-electron chi connectivity index (χ3n) is 8.17. The van der Waals surface area contributed by atoms with Gasteiger partial charge in [0.05, 0.1) is 19.8 Å².